The molecule has 1 aromatic heterocycles. The summed E-state index contributed by atoms with van der Waals surface area (Å²) in [5, 5.41) is 14.0. The van der Waals surface area contributed by atoms with Crippen LogP contribution in [0, 0.1) is 24.0 Å². The number of non-ortho nitro benzene ring substituents is 1. The van der Waals surface area contributed by atoms with Crippen molar-refractivity contribution in [3.05, 3.63) is 81.5 Å². The second kappa shape index (κ2) is 7.47. The van der Waals surface area contributed by atoms with Gasteiger partial charge in [0.05, 0.1) is 4.92 Å². The summed E-state index contributed by atoms with van der Waals surface area (Å²) in [7, 11) is -3.49. The maximum atomic E-state index is 12.5. The van der Waals surface area contributed by atoms with Gasteiger partial charge in [-0.25, -0.2) is 8.42 Å². The van der Waals surface area contributed by atoms with Gasteiger partial charge in [0.1, 0.15) is 10.7 Å². The topological polar surface area (TPSA) is 94.2 Å². The van der Waals surface area contributed by atoms with Crippen LogP contribution >= 0.6 is 0 Å². The van der Waals surface area contributed by atoms with Crippen LogP contribution in [0.4, 0.5) is 17.2 Å². The number of aromatic nitrogens is 1. The second-order valence-electron chi connectivity index (χ2n) is 6.66. The fraction of sp³-hybridized carbons (Fsp3) is 0.200. The number of nitro benzene ring substituents is 1. The summed E-state index contributed by atoms with van der Waals surface area (Å²) in [4.78, 5) is 10.6. The van der Waals surface area contributed by atoms with Crippen LogP contribution in [-0.2, 0) is 16.4 Å². The SMILES string of the molecule is Cc1c(S(C)(=O)=O)c(Nc2ccc([N+](=O)[O-])cc2)n(Cc2ccccc2)c1C. The van der Waals surface area contributed by atoms with Gasteiger partial charge in [-0.1, -0.05) is 30.3 Å². The molecule has 2 aromatic carbocycles. The van der Waals surface area contributed by atoms with Crippen molar-refractivity contribution in [1.29, 1.82) is 0 Å². The highest BCUT2D eigenvalue weighted by atomic mass is 32.2. The molecule has 0 amide bonds. The first-order valence-electron chi connectivity index (χ1n) is 8.63. The minimum absolute atomic E-state index is 0.0269. The normalized spacial score (nSPS) is 11.4. The summed E-state index contributed by atoms with van der Waals surface area (Å²) in [6.45, 7) is 4.17. The third-order valence-corrected chi connectivity index (χ3v) is 5.91. The molecule has 3 rings (SSSR count). The first-order valence-corrected chi connectivity index (χ1v) is 10.5. The second-order valence-corrected chi connectivity index (χ2v) is 8.61. The molecule has 0 saturated heterocycles. The van der Waals surface area contributed by atoms with Gasteiger partial charge in [0.25, 0.3) is 5.69 Å². The third kappa shape index (κ3) is 3.91. The van der Waals surface area contributed by atoms with Gasteiger partial charge in [-0.2, -0.15) is 0 Å². The van der Waals surface area contributed by atoms with Crippen molar-refractivity contribution in [2.45, 2.75) is 25.3 Å². The third-order valence-electron chi connectivity index (χ3n) is 4.67. The molecular weight excluding hydrogens is 378 g/mol. The Balaban J connectivity index is 2.11. The van der Waals surface area contributed by atoms with E-state index in [0.29, 0.717) is 23.6 Å². The van der Waals surface area contributed by atoms with Gasteiger partial charge < -0.3 is 9.88 Å². The van der Waals surface area contributed by atoms with Gasteiger partial charge in [-0.3, -0.25) is 10.1 Å². The quantitative estimate of drug-likeness (QED) is 0.495. The average molecular weight is 399 g/mol. The lowest BCUT2D eigenvalue weighted by Gasteiger charge is -2.15. The Morgan fingerprint density at radius 2 is 1.64 bits per heavy atom. The van der Waals surface area contributed by atoms with Crippen molar-refractivity contribution in [2.24, 2.45) is 0 Å². The van der Waals surface area contributed by atoms with Gasteiger partial charge in [-0.05, 0) is 37.1 Å². The fourth-order valence-electron chi connectivity index (χ4n) is 3.18. The van der Waals surface area contributed by atoms with E-state index in [9.17, 15) is 18.5 Å². The van der Waals surface area contributed by atoms with Crippen LogP contribution in [0.5, 0.6) is 0 Å². The van der Waals surface area contributed by atoms with Crippen LogP contribution < -0.4 is 5.32 Å². The van der Waals surface area contributed by atoms with Gasteiger partial charge in [0, 0.05) is 36.3 Å². The Morgan fingerprint density at radius 3 is 2.18 bits per heavy atom. The number of nitro groups is 1. The van der Waals surface area contributed by atoms with Crippen molar-refractivity contribution in [3.8, 4) is 0 Å². The molecule has 0 unspecified atom stereocenters. The zero-order valence-electron chi connectivity index (χ0n) is 15.8. The minimum Gasteiger partial charge on any atom is -0.341 e. The van der Waals surface area contributed by atoms with Gasteiger partial charge in [0.2, 0.25) is 0 Å². The Labute approximate surface area is 163 Å². The molecule has 0 spiro atoms. The zero-order valence-corrected chi connectivity index (χ0v) is 16.7. The summed E-state index contributed by atoms with van der Waals surface area (Å²) in [5.74, 6) is 0.454. The van der Waals surface area contributed by atoms with Crippen molar-refractivity contribution < 1.29 is 13.3 Å². The Bertz CT molecular complexity index is 1120. The van der Waals surface area contributed by atoms with E-state index in [1.165, 1.54) is 18.4 Å². The van der Waals surface area contributed by atoms with Crippen LogP contribution in [0.3, 0.4) is 0 Å². The van der Waals surface area contributed by atoms with Crippen LogP contribution in [0.15, 0.2) is 59.5 Å². The molecule has 28 heavy (non-hydrogen) atoms. The zero-order chi connectivity index (χ0) is 20.5. The van der Waals surface area contributed by atoms with E-state index < -0.39 is 14.8 Å². The van der Waals surface area contributed by atoms with Crippen molar-refractivity contribution in [3.63, 3.8) is 0 Å². The standard InChI is InChI=1S/C20H21N3O4S/c1-14-15(2)22(13-16-7-5-4-6-8-16)20(19(14)28(3,26)27)21-17-9-11-18(12-10-17)23(24)25/h4-12,21H,13H2,1-3H3. The van der Waals surface area contributed by atoms with E-state index in [-0.39, 0.29) is 10.6 Å². The Hall–Kier alpha value is -3.13. The van der Waals surface area contributed by atoms with Gasteiger partial charge >= 0.3 is 0 Å². The summed E-state index contributed by atoms with van der Waals surface area (Å²) < 4.78 is 26.9. The number of hydrogen-bond acceptors (Lipinski definition) is 5. The van der Waals surface area contributed by atoms with Gasteiger partial charge in [-0.15, -0.1) is 0 Å². The smallest absolute Gasteiger partial charge is 0.269 e. The maximum Gasteiger partial charge on any atom is 0.269 e. The molecule has 0 aliphatic heterocycles. The van der Waals surface area contributed by atoms with E-state index in [0.717, 1.165) is 11.3 Å². The molecule has 0 aliphatic rings. The Morgan fingerprint density at radius 1 is 1.04 bits per heavy atom. The molecule has 0 aliphatic carbocycles. The highest BCUT2D eigenvalue weighted by molar-refractivity contribution is 7.91. The van der Waals surface area contributed by atoms with Crippen LogP contribution in [-0.4, -0.2) is 24.2 Å². The summed E-state index contributed by atoms with van der Waals surface area (Å²) >= 11 is 0. The molecule has 0 bridgehead atoms. The van der Waals surface area contributed by atoms with E-state index >= 15 is 0 Å². The predicted octanol–water partition coefficient (Wildman–Crippen LogP) is 4.21. The van der Waals surface area contributed by atoms with Crippen LogP contribution in [0.2, 0.25) is 0 Å². The van der Waals surface area contributed by atoms with Crippen LogP contribution in [0.1, 0.15) is 16.8 Å². The number of hydrogen-bond donors (Lipinski definition) is 1. The number of nitrogens with one attached hydrogen (secondary N) is 1. The Kier molecular flexibility index (Phi) is 5.24. The average Bonchev–Trinajstić information content (AvgIpc) is 2.87. The monoisotopic (exact) mass is 399 g/mol. The molecule has 8 heteroatoms. The lowest BCUT2D eigenvalue weighted by molar-refractivity contribution is -0.384. The highest BCUT2D eigenvalue weighted by Crippen LogP contribution is 2.34. The lowest BCUT2D eigenvalue weighted by Crippen LogP contribution is -2.08. The molecular formula is C20H21N3O4S. The molecule has 3 aromatic rings. The minimum atomic E-state index is -3.49. The van der Waals surface area contributed by atoms with Crippen molar-refractivity contribution in [2.75, 3.05) is 11.6 Å². The summed E-state index contributed by atoms with van der Waals surface area (Å²) in [5.41, 5.74) is 3.10. The molecule has 0 atom stereocenters. The van der Waals surface area contributed by atoms with E-state index in [4.69, 9.17) is 0 Å². The summed E-state index contributed by atoms with van der Waals surface area (Å²) in [6, 6.07) is 15.6. The summed E-state index contributed by atoms with van der Waals surface area (Å²) in [6.07, 6.45) is 1.18. The first-order chi connectivity index (χ1) is 13.2. The molecule has 0 radical (unpaired) electrons. The lowest BCUT2D eigenvalue weighted by atomic mass is 10.2. The maximum absolute atomic E-state index is 12.5. The molecule has 146 valence electrons. The fourth-order valence-corrected chi connectivity index (χ4v) is 4.40. The van der Waals surface area contributed by atoms with E-state index in [1.807, 2.05) is 41.8 Å². The van der Waals surface area contributed by atoms with E-state index in [1.54, 1.807) is 19.1 Å². The van der Waals surface area contributed by atoms with E-state index in [2.05, 4.69) is 5.32 Å². The molecule has 7 nitrogen and oxygen atoms in total. The van der Waals surface area contributed by atoms with Gasteiger partial charge in [0.15, 0.2) is 9.84 Å². The molecule has 0 saturated carbocycles. The highest BCUT2D eigenvalue weighted by Gasteiger charge is 2.25. The number of rotatable bonds is 6. The molecule has 1 N–H and O–H groups in total. The first kappa shape index (κ1) is 19.6. The number of benzene rings is 2. The molecule has 0 fully saturated rings. The number of anilines is 2. The number of nitrogens with zero attached hydrogens (tertiary/aromatic N) is 2. The molecule has 1 heterocycles. The van der Waals surface area contributed by atoms with Crippen molar-refractivity contribution >= 4 is 27.0 Å². The largest absolute Gasteiger partial charge is 0.341 e. The van der Waals surface area contributed by atoms with Crippen LogP contribution in [0.25, 0.3) is 0 Å². The number of sulfone groups is 1. The predicted molar refractivity (Wildman–Crippen MR) is 109 cm³/mol. The van der Waals surface area contributed by atoms with Crippen molar-refractivity contribution in [1.82, 2.24) is 4.57 Å².